The fourth-order valence-electron chi connectivity index (χ4n) is 4.16. The fourth-order valence-corrected chi connectivity index (χ4v) is 4.16. The van der Waals surface area contributed by atoms with Gasteiger partial charge in [-0.15, -0.1) is 0 Å². The topological polar surface area (TPSA) is 54.7 Å². The van der Waals surface area contributed by atoms with Crippen molar-refractivity contribution in [3.05, 3.63) is 42.6 Å². The maximum absolute atomic E-state index is 14.3. The Morgan fingerprint density at radius 1 is 1.23 bits per heavy atom. The molecule has 7 heteroatoms. The van der Waals surface area contributed by atoms with Crippen molar-refractivity contribution in [2.75, 3.05) is 25.1 Å². The van der Waals surface area contributed by atoms with Gasteiger partial charge in [0, 0.05) is 54.8 Å². The Morgan fingerprint density at radius 2 is 2.04 bits per heavy atom. The minimum Gasteiger partial charge on any atom is -0.481 e. The van der Waals surface area contributed by atoms with E-state index in [9.17, 15) is 4.39 Å². The van der Waals surface area contributed by atoms with Gasteiger partial charge in [-0.3, -0.25) is 0 Å². The van der Waals surface area contributed by atoms with Gasteiger partial charge >= 0.3 is 0 Å². The van der Waals surface area contributed by atoms with E-state index in [4.69, 9.17) is 4.74 Å². The van der Waals surface area contributed by atoms with Gasteiger partial charge in [0.2, 0.25) is 5.88 Å². The molecule has 2 fully saturated rings. The van der Waals surface area contributed by atoms with Crippen molar-refractivity contribution in [2.45, 2.75) is 24.9 Å². The average Bonchev–Trinajstić information content (AvgIpc) is 3.24. The maximum Gasteiger partial charge on any atom is 0.213 e. The van der Waals surface area contributed by atoms with Crippen molar-refractivity contribution in [2.24, 2.45) is 0 Å². The Kier molecular flexibility index (Phi) is 3.56. The van der Waals surface area contributed by atoms with Crippen LogP contribution >= 0.6 is 0 Å². The second-order valence-corrected chi connectivity index (χ2v) is 7.02. The summed E-state index contributed by atoms with van der Waals surface area (Å²) in [6.45, 7) is 1.99. The van der Waals surface area contributed by atoms with Gasteiger partial charge in [-0.1, -0.05) is 0 Å². The molecule has 2 saturated heterocycles. The van der Waals surface area contributed by atoms with Crippen LogP contribution in [0.1, 0.15) is 12.8 Å². The summed E-state index contributed by atoms with van der Waals surface area (Å²) in [6.07, 6.45) is 7.32. The molecule has 6 nitrogen and oxygen atoms in total. The van der Waals surface area contributed by atoms with Crippen molar-refractivity contribution < 1.29 is 9.13 Å². The average molecular weight is 353 g/mol. The van der Waals surface area contributed by atoms with Crippen LogP contribution in [0.3, 0.4) is 0 Å². The van der Waals surface area contributed by atoms with Gasteiger partial charge in [0.1, 0.15) is 5.82 Å². The molecule has 5 rings (SSSR count). The Labute approximate surface area is 150 Å². The molecule has 0 saturated carbocycles. The standard InChI is InChI=1S/C19H20FN5O/c1-26-19-7-15(16(20)8-21-19)12-6-18-17(4-5-22-25(18)9-12)24-10-13-2-3-14(11-24)23-13/h4-9,13-14,23H,2-3,10-11H2,1H3. The van der Waals surface area contributed by atoms with Gasteiger partial charge in [0.25, 0.3) is 0 Å². The summed E-state index contributed by atoms with van der Waals surface area (Å²) in [5.74, 6) is 0.0204. The van der Waals surface area contributed by atoms with Crippen LogP contribution in [0.2, 0.25) is 0 Å². The van der Waals surface area contributed by atoms with Crippen molar-refractivity contribution in [1.29, 1.82) is 0 Å². The van der Waals surface area contributed by atoms with Crippen LogP contribution in [0, 0.1) is 5.82 Å². The molecule has 0 radical (unpaired) electrons. The summed E-state index contributed by atoms with van der Waals surface area (Å²) >= 11 is 0. The van der Waals surface area contributed by atoms with E-state index in [1.54, 1.807) is 12.3 Å². The number of pyridine rings is 1. The summed E-state index contributed by atoms with van der Waals surface area (Å²) in [4.78, 5) is 6.34. The minimum atomic E-state index is -0.372. The third-order valence-corrected chi connectivity index (χ3v) is 5.39. The van der Waals surface area contributed by atoms with E-state index in [-0.39, 0.29) is 5.82 Å². The predicted octanol–water partition coefficient (Wildman–Crippen LogP) is 2.48. The molecule has 0 aromatic carbocycles. The zero-order chi connectivity index (χ0) is 17.7. The van der Waals surface area contributed by atoms with E-state index in [1.165, 1.54) is 26.1 Å². The molecule has 3 aromatic heterocycles. The third-order valence-electron chi connectivity index (χ3n) is 5.39. The Morgan fingerprint density at radius 3 is 2.81 bits per heavy atom. The van der Waals surface area contributed by atoms with E-state index in [0.717, 1.165) is 29.9 Å². The first-order valence-electron chi connectivity index (χ1n) is 8.89. The monoisotopic (exact) mass is 353 g/mol. The number of nitrogens with one attached hydrogen (secondary N) is 1. The van der Waals surface area contributed by atoms with Gasteiger partial charge in [-0.25, -0.2) is 13.9 Å². The van der Waals surface area contributed by atoms with E-state index in [1.807, 2.05) is 22.8 Å². The van der Waals surface area contributed by atoms with Crippen LogP contribution in [0.4, 0.5) is 10.1 Å². The highest BCUT2D eigenvalue weighted by Gasteiger charge is 2.32. The number of anilines is 1. The zero-order valence-corrected chi connectivity index (χ0v) is 14.5. The molecule has 0 aliphatic carbocycles. The summed E-state index contributed by atoms with van der Waals surface area (Å²) < 4.78 is 21.3. The summed E-state index contributed by atoms with van der Waals surface area (Å²) in [7, 11) is 1.53. The highest BCUT2D eigenvalue weighted by atomic mass is 19.1. The SMILES string of the molecule is COc1cc(-c2cc3c(N4CC5CCC(C4)N5)ccnn3c2)c(F)cn1. The number of hydrogen-bond donors (Lipinski definition) is 1. The lowest BCUT2D eigenvalue weighted by atomic mass is 10.1. The lowest BCUT2D eigenvalue weighted by Crippen LogP contribution is -2.51. The maximum atomic E-state index is 14.3. The number of rotatable bonds is 3. The van der Waals surface area contributed by atoms with Gasteiger partial charge in [-0.2, -0.15) is 5.10 Å². The minimum absolute atomic E-state index is 0.372. The number of fused-ring (bicyclic) bond motifs is 3. The van der Waals surface area contributed by atoms with E-state index >= 15 is 0 Å². The van der Waals surface area contributed by atoms with Crippen LogP contribution in [0.15, 0.2) is 36.8 Å². The van der Waals surface area contributed by atoms with Crippen molar-refractivity contribution in [3.8, 4) is 17.0 Å². The molecule has 134 valence electrons. The number of nitrogens with zero attached hydrogens (tertiary/aromatic N) is 4. The Bertz CT molecular complexity index is 960. The first-order chi connectivity index (χ1) is 12.7. The number of methoxy groups -OCH3 is 1. The zero-order valence-electron chi connectivity index (χ0n) is 14.5. The molecule has 3 aromatic rings. The Balaban J connectivity index is 1.58. The van der Waals surface area contributed by atoms with Crippen LogP contribution in [0.5, 0.6) is 5.88 Å². The number of aromatic nitrogens is 3. The van der Waals surface area contributed by atoms with E-state index in [2.05, 4.69) is 20.3 Å². The van der Waals surface area contributed by atoms with Gasteiger partial charge < -0.3 is 15.0 Å². The van der Waals surface area contributed by atoms with Crippen molar-refractivity contribution in [3.63, 3.8) is 0 Å². The van der Waals surface area contributed by atoms with Crippen molar-refractivity contribution >= 4 is 11.2 Å². The quantitative estimate of drug-likeness (QED) is 0.784. The molecule has 2 aliphatic rings. The van der Waals surface area contributed by atoms with Crippen LogP contribution < -0.4 is 15.0 Å². The normalized spacial score (nSPS) is 22.2. The van der Waals surface area contributed by atoms with Crippen LogP contribution in [0.25, 0.3) is 16.6 Å². The summed E-state index contributed by atoms with van der Waals surface area (Å²) in [5.41, 5.74) is 3.36. The second-order valence-electron chi connectivity index (χ2n) is 7.02. The van der Waals surface area contributed by atoms with E-state index in [0.29, 0.717) is 23.5 Å². The predicted molar refractivity (Wildman–Crippen MR) is 97.1 cm³/mol. The first kappa shape index (κ1) is 15.6. The molecular formula is C19H20FN5O. The van der Waals surface area contributed by atoms with Crippen LogP contribution in [-0.2, 0) is 0 Å². The molecule has 2 atom stereocenters. The van der Waals surface area contributed by atoms with E-state index < -0.39 is 0 Å². The largest absolute Gasteiger partial charge is 0.481 e. The Hall–Kier alpha value is -2.67. The highest BCUT2D eigenvalue weighted by molar-refractivity contribution is 5.80. The van der Waals surface area contributed by atoms with Gasteiger partial charge in [0.15, 0.2) is 0 Å². The number of piperazine rings is 1. The van der Waals surface area contributed by atoms with Gasteiger partial charge in [0.05, 0.1) is 24.5 Å². The summed E-state index contributed by atoms with van der Waals surface area (Å²) in [5, 5.41) is 8.07. The number of halogens is 1. The summed E-state index contributed by atoms with van der Waals surface area (Å²) in [6, 6.07) is 6.77. The molecular weight excluding hydrogens is 333 g/mol. The van der Waals surface area contributed by atoms with Crippen LogP contribution in [-0.4, -0.2) is 46.9 Å². The molecule has 2 aliphatic heterocycles. The lowest BCUT2D eigenvalue weighted by Gasteiger charge is -2.34. The number of ether oxygens (including phenoxy) is 1. The second kappa shape index (κ2) is 5.95. The molecule has 26 heavy (non-hydrogen) atoms. The smallest absolute Gasteiger partial charge is 0.213 e. The fraction of sp³-hybridized carbons (Fsp3) is 0.368. The number of hydrogen-bond acceptors (Lipinski definition) is 5. The van der Waals surface area contributed by atoms with Crippen molar-refractivity contribution in [1.82, 2.24) is 19.9 Å². The molecule has 0 amide bonds. The molecule has 5 heterocycles. The first-order valence-corrected chi connectivity index (χ1v) is 8.89. The third kappa shape index (κ3) is 2.50. The molecule has 2 unspecified atom stereocenters. The highest BCUT2D eigenvalue weighted by Crippen LogP contribution is 2.32. The van der Waals surface area contributed by atoms with Gasteiger partial charge in [-0.05, 0) is 25.0 Å². The molecule has 1 N–H and O–H groups in total. The lowest BCUT2D eigenvalue weighted by molar-refractivity contribution is 0.396. The molecule has 0 spiro atoms. The molecule has 2 bridgehead atoms.